The van der Waals surface area contributed by atoms with Crippen molar-refractivity contribution in [2.45, 2.75) is 32.1 Å². The molecule has 0 aromatic rings. The Morgan fingerprint density at radius 2 is 2.00 bits per heavy atom. The summed E-state index contributed by atoms with van der Waals surface area (Å²) in [5, 5.41) is 8.18. The highest BCUT2D eigenvalue weighted by molar-refractivity contribution is 6.76. The summed E-state index contributed by atoms with van der Waals surface area (Å²) in [6, 6.07) is 1.08. The summed E-state index contributed by atoms with van der Waals surface area (Å²) in [4.78, 5) is 9.96. The minimum absolute atomic E-state index is 0.724. The first-order valence-corrected chi connectivity index (χ1v) is 7.34. The number of aliphatic carboxylic acids is 1. The highest BCUT2D eigenvalue weighted by Crippen LogP contribution is 2.09. The van der Waals surface area contributed by atoms with Crippen molar-refractivity contribution < 1.29 is 9.90 Å². The van der Waals surface area contributed by atoms with E-state index in [-0.39, 0.29) is 0 Å². The van der Waals surface area contributed by atoms with Crippen molar-refractivity contribution in [3.05, 3.63) is 0 Å². The summed E-state index contributed by atoms with van der Waals surface area (Å²) >= 11 is 0. The van der Waals surface area contributed by atoms with E-state index in [1.54, 1.807) is 0 Å². The van der Waals surface area contributed by atoms with Gasteiger partial charge in [-0.1, -0.05) is 25.6 Å². The van der Waals surface area contributed by atoms with Crippen LogP contribution in [0.5, 0.6) is 0 Å². The van der Waals surface area contributed by atoms with Gasteiger partial charge in [0.25, 0.3) is 0 Å². The molecule has 0 radical (unpaired) electrons. The first kappa shape index (κ1) is 10.2. The van der Waals surface area contributed by atoms with Crippen LogP contribution >= 0.6 is 0 Å². The molecule has 1 N–H and O–H groups in total. The van der Waals surface area contributed by atoms with Gasteiger partial charge in [-0.25, -0.2) is 4.79 Å². The Morgan fingerprint density at radius 3 is 2.36 bits per heavy atom. The minimum Gasteiger partial charge on any atom is -0.472 e. The van der Waals surface area contributed by atoms with E-state index in [1.807, 2.05) is 0 Å². The third-order valence-corrected chi connectivity index (χ3v) is 2.95. The molecule has 0 bridgehead atoms. The lowest BCUT2D eigenvalue weighted by atomic mass is 10.5. The van der Waals surface area contributed by atoms with E-state index < -0.39 is 14.0 Å². The molecular formula is C8H14O2Si. The van der Waals surface area contributed by atoms with E-state index in [0.717, 1.165) is 12.5 Å². The van der Waals surface area contributed by atoms with Crippen molar-refractivity contribution >= 4 is 14.0 Å². The molecule has 0 fully saturated rings. The molecule has 0 aliphatic heterocycles. The molecule has 0 rings (SSSR count). The van der Waals surface area contributed by atoms with Crippen molar-refractivity contribution in [1.29, 1.82) is 0 Å². The molecule has 0 atom stereocenters. The van der Waals surface area contributed by atoms with Crippen LogP contribution in [0.4, 0.5) is 0 Å². The van der Waals surface area contributed by atoms with Crippen molar-refractivity contribution in [1.82, 2.24) is 0 Å². The minimum atomic E-state index is -1.03. The van der Waals surface area contributed by atoms with Crippen molar-refractivity contribution in [3.8, 4) is 11.8 Å². The maximum absolute atomic E-state index is 9.96. The van der Waals surface area contributed by atoms with Crippen LogP contribution in [0, 0.1) is 11.8 Å². The largest absolute Gasteiger partial charge is 0.472 e. The Labute approximate surface area is 68.6 Å². The molecule has 0 aliphatic carbocycles. The van der Waals surface area contributed by atoms with Crippen molar-refractivity contribution in [2.75, 3.05) is 0 Å². The van der Waals surface area contributed by atoms with Crippen LogP contribution in [-0.2, 0) is 4.79 Å². The maximum Gasteiger partial charge on any atom is 0.381 e. The van der Waals surface area contributed by atoms with Crippen LogP contribution in [-0.4, -0.2) is 19.1 Å². The Morgan fingerprint density at radius 1 is 1.45 bits per heavy atom. The molecule has 0 unspecified atom stereocenters. The number of carbonyl (C=O) groups is 1. The first-order chi connectivity index (χ1) is 4.92. The molecule has 0 amide bonds. The van der Waals surface area contributed by atoms with Crippen molar-refractivity contribution in [3.63, 3.8) is 0 Å². The van der Waals surface area contributed by atoms with E-state index >= 15 is 0 Å². The summed E-state index contributed by atoms with van der Waals surface area (Å²) in [6.07, 6.45) is 0.724. The predicted octanol–water partition coefficient (Wildman–Crippen LogP) is 1.80. The number of carboxylic acid groups (broad SMARTS) is 1. The topological polar surface area (TPSA) is 37.3 Å². The van der Waals surface area contributed by atoms with E-state index in [2.05, 4.69) is 31.5 Å². The number of hydrogen-bond acceptors (Lipinski definition) is 1. The summed E-state index contributed by atoms with van der Waals surface area (Å²) < 4.78 is 0. The lowest BCUT2D eigenvalue weighted by Crippen LogP contribution is -2.18. The van der Waals surface area contributed by atoms with E-state index in [9.17, 15) is 4.79 Å². The quantitative estimate of drug-likeness (QED) is 0.507. The first-order valence-electron chi connectivity index (χ1n) is 3.63. The molecule has 0 spiro atoms. The molecular weight excluding hydrogens is 156 g/mol. The van der Waals surface area contributed by atoms with Gasteiger partial charge < -0.3 is 5.11 Å². The Kier molecular flexibility index (Phi) is 3.91. The fourth-order valence-electron chi connectivity index (χ4n) is 0.576. The second-order valence-electron chi connectivity index (χ2n) is 3.67. The van der Waals surface area contributed by atoms with Gasteiger partial charge in [0.15, 0.2) is 0 Å². The van der Waals surface area contributed by atoms with Gasteiger partial charge in [0.1, 0.15) is 0 Å². The molecule has 0 aromatic heterocycles. The fraction of sp³-hybridized carbons (Fsp3) is 0.625. The summed E-state index contributed by atoms with van der Waals surface area (Å²) in [7, 11) is -1.02. The monoisotopic (exact) mass is 170 g/mol. The molecule has 11 heavy (non-hydrogen) atoms. The van der Waals surface area contributed by atoms with E-state index in [1.165, 1.54) is 0 Å². The SMILES string of the molecule is C[Si](C)(C)CCC#CC(=O)O. The highest BCUT2D eigenvalue weighted by Gasteiger charge is 2.10. The third kappa shape index (κ3) is 9.25. The molecule has 0 saturated heterocycles. The van der Waals surface area contributed by atoms with Crippen LogP contribution in [0.25, 0.3) is 0 Å². The average Bonchev–Trinajstić information content (AvgIpc) is 1.78. The zero-order valence-corrected chi connectivity index (χ0v) is 8.27. The molecule has 0 aliphatic rings. The molecule has 0 aromatic carbocycles. The van der Waals surface area contributed by atoms with Crippen molar-refractivity contribution in [2.24, 2.45) is 0 Å². The van der Waals surface area contributed by atoms with Crippen LogP contribution < -0.4 is 0 Å². The maximum atomic E-state index is 9.96. The number of hydrogen-bond donors (Lipinski definition) is 1. The van der Waals surface area contributed by atoms with Gasteiger partial charge >= 0.3 is 5.97 Å². The molecule has 62 valence electrons. The van der Waals surface area contributed by atoms with Crippen LogP contribution in [0.2, 0.25) is 25.7 Å². The summed E-state index contributed by atoms with van der Waals surface area (Å²) in [5.41, 5.74) is 0. The summed E-state index contributed by atoms with van der Waals surface area (Å²) in [6.45, 7) is 6.74. The van der Waals surface area contributed by atoms with Gasteiger partial charge in [0.2, 0.25) is 0 Å². The Hall–Kier alpha value is -0.753. The smallest absolute Gasteiger partial charge is 0.381 e. The average molecular weight is 170 g/mol. The number of carboxylic acids is 1. The van der Waals surface area contributed by atoms with Gasteiger partial charge in [0, 0.05) is 20.4 Å². The molecule has 3 heteroatoms. The predicted molar refractivity (Wildman–Crippen MR) is 48.2 cm³/mol. The Balaban J connectivity index is 3.60. The molecule has 0 heterocycles. The second-order valence-corrected chi connectivity index (χ2v) is 9.29. The van der Waals surface area contributed by atoms with Gasteiger partial charge in [-0.15, -0.1) is 0 Å². The summed E-state index contributed by atoms with van der Waals surface area (Å²) in [5.74, 6) is 3.71. The van der Waals surface area contributed by atoms with Crippen LogP contribution in [0.1, 0.15) is 6.42 Å². The van der Waals surface area contributed by atoms with Gasteiger partial charge in [-0.2, -0.15) is 0 Å². The molecule has 2 nitrogen and oxygen atoms in total. The van der Waals surface area contributed by atoms with Gasteiger partial charge in [-0.05, 0) is 6.04 Å². The second kappa shape index (κ2) is 4.19. The normalized spacial score (nSPS) is 10.1. The van der Waals surface area contributed by atoms with Gasteiger partial charge in [0.05, 0.1) is 0 Å². The lowest BCUT2D eigenvalue weighted by Gasteiger charge is -2.12. The highest BCUT2D eigenvalue weighted by atomic mass is 28.3. The zero-order chi connectivity index (χ0) is 8.91. The van der Waals surface area contributed by atoms with Gasteiger partial charge in [-0.3, -0.25) is 0 Å². The third-order valence-electron chi connectivity index (χ3n) is 1.20. The van der Waals surface area contributed by atoms with Crippen LogP contribution in [0.3, 0.4) is 0 Å². The van der Waals surface area contributed by atoms with E-state index in [4.69, 9.17) is 5.11 Å². The van der Waals surface area contributed by atoms with Crippen LogP contribution in [0.15, 0.2) is 0 Å². The number of rotatable bonds is 2. The standard InChI is InChI=1S/C8H14O2Si/c1-11(2,3)7-5-4-6-8(9)10/h5,7H2,1-3H3,(H,9,10). The molecule has 0 saturated carbocycles. The lowest BCUT2D eigenvalue weighted by molar-refractivity contribution is -0.130. The fourth-order valence-corrected chi connectivity index (χ4v) is 1.45. The Bertz CT molecular complexity index is 192. The van der Waals surface area contributed by atoms with E-state index in [0.29, 0.717) is 0 Å². The zero-order valence-electron chi connectivity index (χ0n) is 7.27.